The summed E-state index contributed by atoms with van der Waals surface area (Å²) in [6, 6.07) is 8.46. The van der Waals surface area contributed by atoms with Crippen LogP contribution in [0.25, 0.3) is 5.82 Å². The van der Waals surface area contributed by atoms with Crippen LogP contribution in [0.15, 0.2) is 36.7 Å². The third-order valence-corrected chi connectivity index (χ3v) is 4.19. The molecule has 0 aliphatic rings. The number of rotatable bonds is 6. The Bertz CT molecular complexity index is 789. The zero-order chi connectivity index (χ0) is 17.1. The summed E-state index contributed by atoms with van der Waals surface area (Å²) in [5.74, 6) is 0.841. The molecule has 0 aliphatic heterocycles. The molecule has 126 valence electrons. The van der Waals surface area contributed by atoms with Gasteiger partial charge in [-0.2, -0.15) is 10.2 Å². The lowest BCUT2D eigenvalue weighted by atomic mass is 10.1. The van der Waals surface area contributed by atoms with Crippen molar-refractivity contribution < 1.29 is 0 Å². The summed E-state index contributed by atoms with van der Waals surface area (Å²) in [7, 11) is 0. The summed E-state index contributed by atoms with van der Waals surface area (Å²) in [6.45, 7) is 8.45. The summed E-state index contributed by atoms with van der Waals surface area (Å²) in [5.41, 5.74) is 4.47. The standard InChI is InChI=1S/C18H24N6/c1-12(9-16-10-13(2)22-23-16)21-14(3)17-11-20-24(15(17)4)18-7-5-6-8-19-18/h5-8,10-12,14,21H,9H2,1-4H3,(H,22,23)/t12-,14-/m1/s1. The Kier molecular flexibility index (Phi) is 4.76. The van der Waals surface area contributed by atoms with E-state index in [0.29, 0.717) is 6.04 Å². The van der Waals surface area contributed by atoms with E-state index in [9.17, 15) is 0 Å². The van der Waals surface area contributed by atoms with Gasteiger partial charge in [-0.3, -0.25) is 5.10 Å². The van der Waals surface area contributed by atoms with Crippen LogP contribution in [0.4, 0.5) is 0 Å². The number of hydrogen-bond donors (Lipinski definition) is 2. The van der Waals surface area contributed by atoms with Crippen LogP contribution < -0.4 is 5.32 Å². The molecule has 0 aliphatic carbocycles. The lowest BCUT2D eigenvalue weighted by molar-refractivity contribution is 0.472. The fraction of sp³-hybridized carbons (Fsp3) is 0.389. The van der Waals surface area contributed by atoms with E-state index >= 15 is 0 Å². The fourth-order valence-electron chi connectivity index (χ4n) is 3.03. The number of pyridine rings is 1. The second-order valence-corrected chi connectivity index (χ2v) is 6.32. The molecule has 3 heterocycles. The zero-order valence-electron chi connectivity index (χ0n) is 14.6. The maximum atomic E-state index is 4.50. The summed E-state index contributed by atoms with van der Waals surface area (Å²) in [6.07, 6.45) is 4.60. The van der Waals surface area contributed by atoms with Crippen molar-refractivity contribution in [3.63, 3.8) is 0 Å². The molecule has 0 radical (unpaired) electrons. The number of aryl methyl sites for hydroxylation is 1. The van der Waals surface area contributed by atoms with Gasteiger partial charge in [-0.15, -0.1) is 0 Å². The number of hydrogen-bond acceptors (Lipinski definition) is 4. The van der Waals surface area contributed by atoms with Gasteiger partial charge < -0.3 is 5.32 Å². The minimum atomic E-state index is 0.206. The van der Waals surface area contributed by atoms with Gasteiger partial charge in [0.2, 0.25) is 0 Å². The molecule has 3 rings (SSSR count). The average molecular weight is 324 g/mol. The van der Waals surface area contributed by atoms with Gasteiger partial charge in [0.05, 0.1) is 11.9 Å². The Morgan fingerprint density at radius 1 is 1.25 bits per heavy atom. The predicted octanol–water partition coefficient (Wildman–Crippen LogP) is 2.89. The lowest BCUT2D eigenvalue weighted by Crippen LogP contribution is -2.31. The first kappa shape index (κ1) is 16.4. The summed E-state index contributed by atoms with van der Waals surface area (Å²) >= 11 is 0. The van der Waals surface area contributed by atoms with Crippen LogP contribution in [0.5, 0.6) is 0 Å². The third kappa shape index (κ3) is 3.54. The van der Waals surface area contributed by atoms with Crippen LogP contribution >= 0.6 is 0 Å². The van der Waals surface area contributed by atoms with Gasteiger partial charge in [-0.05, 0) is 45.9 Å². The van der Waals surface area contributed by atoms with Crippen LogP contribution in [-0.2, 0) is 6.42 Å². The minimum Gasteiger partial charge on any atom is -0.307 e. The molecule has 0 spiro atoms. The van der Waals surface area contributed by atoms with Gasteiger partial charge in [-0.1, -0.05) is 6.07 Å². The van der Waals surface area contributed by atoms with Crippen molar-refractivity contribution >= 4 is 0 Å². The van der Waals surface area contributed by atoms with E-state index in [1.54, 1.807) is 6.20 Å². The van der Waals surface area contributed by atoms with Crippen LogP contribution in [0, 0.1) is 13.8 Å². The molecule has 3 aromatic heterocycles. The predicted molar refractivity (Wildman–Crippen MR) is 94.1 cm³/mol. The van der Waals surface area contributed by atoms with Crippen LogP contribution in [0.2, 0.25) is 0 Å². The molecule has 0 unspecified atom stereocenters. The molecule has 3 aromatic rings. The molecule has 0 aromatic carbocycles. The highest BCUT2D eigenvalue weighted by Crippen LogP contribution is 2.20. The molecule has 0 fully saturated rings. The van der Waals surface area contributed by atoms with Crippen molar-refractivity contribution in [1.29, 1.82) is 0 Å². The summed E-state index contributed by atoms with van der Waals surface area (Å²) in [4.78, 5) is 4.37. The van der Waals surface area contributed by atoms with E-state index in [0.717, 1.165) is 29.3 Å². The Balaban J connectivity index is 1.69. The molecule has 0 saturated heterocycles. The van der Waals surface area contributed by atoms with Gasteiger partial charge in [0, 0.05) is 41.7 Å². The van der Waals surface area contributed by atoms with Crippen molar-refractivity contribution in [2.24, 2.45) is 0 Å². The largest absolute Gasteiger partial charge is 0.307 e. The monoisotopic (exact) mass is 324 g/mol. The molecule has 0 saturated carbocycles. The quantitative estimate of drug-likeness (QED) is 0.731. The Labute approximate surface area is 142 Å². The van der Waals surface area contributed by atoms with Crippen molar-refractivity contribution in [2.75, 3.05) is 0 Å². The van der Waals surface area contributed by atoms with Crippen LogP contribution in [-0.4, -0.2) is 31.0 Å². The number of aromatic nitrogens is 5. The van der Waals surface area contributed by atoms with E-state index in [2.05, 4.69) is 52.4 Å². The van der Waals surface area contributed by atoms with Crippen molar-refractivity contribution in [3.8, 4) is 5.82 Å². The SMILES string of the molecule is Cc1cc(C[C@@H](C)N[C@H](C)c2cnn(-c3ccccn3)c2C)n[nH]1. The minimum absolute atomic E-state index is 0.206. The number of aromatic amines is 1. The van der Waals surface area contributed by atoms with Crippen molar-refractivity contribution in [2.45, 2.75) is 46.2 Å². The average Bonchev–Trinajstić information content (AvgIpc) is 3.13. The maximum Gasteiger partial charge on any atom is 0.153 e. The van der Waals surface area contributed by atoms with Gasteiger partial charge in [0.15, 0.2) is 5.82 Å². The maximum absolute atomic E-state index is 4.50. The van der Waals surface area contributed by atoms with Gasteiger partial charge in [-0.25, -0.2) is 9.67 Å². The third-order valence-electron chi connectivity index (χ3n) is 4.19. The van der Waals surface area contributed by atoms with Gasteiger partial charge in [0.1, 0.15) is 0 Å². The van der Waals surface area contributed by atoms with E-state index in [4.69, 9.17) is 0 Å². The Morgan fingerprint density at radius 2 is 2.08 bits per heavy atom. The van der Waals surface area contributed by atoms with E-state index in [1.165, 1.54) is 5.56 Å². The molecule has 2 atom stereocenters. The topological polar surface area (TPSA) is 71.4 Å². The van der Waals surface area contributed by atoms with E-state index < -0.39 is 0 Å². The zero-order valence-corrected chi connectivity index (χ0v) is 14.6. The smallest absolute Gasteiger partial charge is 0.153 e. The summed E-state index contributed by atoms with van der Waals surface area (Å²) in [5, 5.41) is 15.4. The highest BCUT2D eigenvalue weighted by Gasteiger charge is 2.17. The molecule has 0 bridgehead atoms. The molecule has 6 heteroatoms. The highest BCUT2D eigenvalue weighted by atomic mass is 15.3. The number of nitrogens with one attached hydrogen (secondary N) is 2. The van der Waals surface area contributed by atoms with E-state index in [1.807, 2.05) is 36.0 Å². The van der Waals surface area contributed by atoms with Crippen LogP contribution in [0.1, 0.15) is 42.5 Å². The van der Waals surface area contributed by atoms with E-state index in [-0.39, 0.29) is 6.04 Å². The molecule has 2 N–H and O–H groups in total. The molecular formula is C18H24N6. The van der Waals surface area contributed by atoms with Crippen molar-refractivity contribution in [3.05, 3.63) is 59.3 Å². The van der Waals surface area contributed by atoms with Crippen molar-refractivity contribution in [1.82, 2.24) is 30.3 Å². The first-order valence-corrected chi connectivity index (χ1v) is 8.27. The van der Waals surface area contributed by atoms with Gasteiger partial charge in [0.25, 0.3) is 0 Å². The molecule has 6 nitrogen and oxygen atoms in total. The molecule has 24 heavy (non-hydrogen) atoms. The molecular weight excluding hydrogens is 300 g/mol. The number of nitrogens with zero attached hydrogens (tertiary/aromatic N) is 4. The normalized spacial score (nSPS) is 13.8. The van der Waals surface area contributed by atoms with Crippen LogP contribution in [0.3, 0.4) is 0 Å². The Hall–Kier alpha value is -2.47. The molecule has 0 amide bonds. The number of H-pyrrole nitrogens is 1. The second kappa shape index (κ2) is 6.97. The lowest BCUT2D eigenvalue weighted by Gasteiger charge is -2.19. The first-order chi connectivity index (χ1) is 11.5. The second-order valence-electron chi connectivity index (χ2n) is 6.32. The highest BCUT2D eigenvalue weighted by molar-refractivity contribution is 5.29. The Morgan fingerprint density at radius 3 is 2.75 bits per heavy atom. The van der Waals surface area contributed by atoms with Gasteiger partial charge >= 0.3 is 0 Å². The summed E-state index contributed by atoms with van der Waals surface area (Å²) < 4.78 is 1.88. The first-order valence-electron chi connectivity index (χ1n) is 8.27. The fourth-order valence-corrected chi connectivity index (χ4v) is 3.03.